The van der Waals surface area contributed by atoms with Crippen molar-refractivity contribution in [1.29, 1.82) is 0 Å². The second-order valence-electron chi connectivity index (χ2n) is 10.8. The number of nitrogens with one attached hydrogen (secondary N) is 1. The van der Waals surface area contributed by atoms with Crippen molar-refractivity contribution in [3.8, 4) is 0 Å². The van der Waals surface area contributed by atoms with Gasteiger partial charge >= 0.3 is 5.97 Å². The number of amides is 1. The minimum Gasteiger partial charge on any atom is -0.458 e. The van der Waals surface area contributed by atoms with E-state index in [4.69, 9.17) is 23.7 Å². The van der Waals surface area contributed by atoms with Gasteiger partial charge in [0.2, 0.25) is 5.91 Å². The number of carbonyl (C=O) groups excluding carboxylic acids is 2. The number of hydrogen-bond acceptors (Lipinski definition) is 7. The molecule has 0 aromatic rings. The topological polar surface area (TPSA) is 95.6 Å². The lowest BCUT2D eigenvalue weighted by Crippen LogP contribution is -2.46. The smallest absolute Gasteiger partial charge is 0.308 e. The Labute approximate surface area is 209 Å². The lowest BCUT2D eigenvalue weighted by Gasteiger charge is -2.38. The van der Waals surface area contributed by atoms with E-state index >= 15 is 0 Å². The molecule has 8 heteroatoms. The Morgan fingerprint density at radius 2 is 1.83 bits per heavy atom. The molecule has 3 saturated heterocycles. The predicted octanol–water partition coefficient (Wildman–Crippen LogP) is 3.61. The van der Waals surface area contributed by atoms with Gasteiger partial charge in [-0.1, -0.05) is 37.6 Å². The molecule has 3 atom stereocenters. The Bertz CT molecular complexity index is 826. The van der Waals surface area contributed by atoms with Crippen LogP contribution in [0.2, 0.25) is 0 Å². The fraction of sp³-hybridized carbons (Fsp3) is 0.704. The predicted molar refractivity (Wildman–Crippen MR) is 132 cm³/mol. The number of ether oxygens (including phenoxy) is 5. The SMILES string of the molecule is CC(C=C[C@@H]1C[C@]2(CO2)CC(C)(C)O1)=CCC1OCC(NC(=O)C=CC(C)OC(=O)C(C)C)CO1. The summed E-state index contributed by atoms with van der Waals surface area (Å²) in [5, 5.41) is 2.84. The van der Waals surface area contributed by atoms with E-state index in [-0.39, 0.29) is 47.4 Å². The Morgan fingerprint density at radius 3 is 2.46 bits per heavy atom. The number of rotatable bonds is 9. The molecule has 35 heavy (non-hydrogen) atoms. The van der Waals surface area contributed by atoms with Crippen LogP contribution in [0.5, 0.6) is 0 Å². The summed E-state index contributed by atoms with van der Waals surface area (Å²) in [6.07, 6.45) is 10.9. The monoisotopic (exact) mass is 491 g/mol. The molecule has 3 heterocycles. The third-order valence-corrected chi connectivity index (χ3v) is 6.16. The average Bonchev–Trinajstić information content (AvgIpc) is 3.51. The van der Waals surface area contributed by atoms with Gasteiger partial charge in [-0.2, -0.15) is 0 Å². The van der Waals surface area contributed by atoms with Gasteiger partial charge < -0.3 is 29.0 Å². The van der Waals surface area contributed by atoms with Crippen LogP contribution in [0.15, 0.2) is 36.0 Å². The lowest BCUT2D eigenvalue weighted by molar-refractivity contribution is -0.187. The molecular formula is C27H41NO7. The van der Waals surface area contributed by atoms with Crippen LogP contribution in [0.25, 0.3) is 0 Å². The van der Waals surface area contributed by atoms with Crippen molar-refractivity contribution in [3.05, 3.63) is 36.0 Å². The third-order valence-electron chi connectivity index (χ3n) is 6.16. The molecule has 1 amide bonds. The molecule has 3 aliphatic heterocycles. The first-order valence-electron chi connectivity index (χ1n) is 12.5. The summed E-state index contributed by atoms with van der Waals surface area (Å²) < 4.78 is 28.6. The summed E-state index contributed by atoms with van der Waals surface area (Å²) in [5.41, 5.74) is 0.951. The molecule has 0 aromatic heterocycles. The van der Waals surface area contributed by atoms with Gasteiger partial charge in [0, 0.05) is 25.3 Å². The van der Waals surface area contributed by atoms with Gasteiger partial charge in [0.15, 0.2) is 6.29 Å². The van der Waals surface area contributed by atoms with Gasteiger partial charge in [-0.25, -0.2) is 0 Å². The highest BCUT2D eigenvalue weighted by atomic mass is 16.7. The van der Waals surface area contributed by atoms with E-state index in [1.807, 2.05) is 6.92 Å². The van der Waals surface area contributed by atoms with Crippen LogP contribution in [-0.2, 0) is 33.3 Å². The van der Waals surface area contributed by atoms with Crippen molar-refractivity contribution >= 4 is 11.9 Å². The minimum atomic E-state index is -0.470. The second-order valence-corrected chi connectivity index (χ2v) is 10.8. The quantitative estimate of drug-likeness (QED) is 0.228. The molecule has 0 aromatic carbocycles. The van der Waals surface area contributed by atoms with E-state index in [9.17, 15) is 9.59 Å². The highest BCUT2D eigenvalue weighted by Gasteiger charge is 2.53. The van der Waals surface area contributed by atoms with Crippen molar-refractivity contribution < 1.29 is 33.3 Å². The van der Waals surface area contributed by atoms with Crippen LogP contribution in [0, 0.1) is 5.92 Å². The minimum absolute atomic E-state index is 0.0126. The van der Waals surface area contributed by atoms with Gasteiger partial charge in [-0.15, -0.1) is 0 Å². The average molecular weight is 492 g/mol. The zero-order chi connectivity index (χ0) is 25.6. The zero-order valence-electron chi connectivity index (χ0n) is 21.9. The number of epoxide rings is 1. The molecule has 0 radical (unpaired) electrons. The maximum absolute atomic E-state index is 12.1. The first-order chi connectivity index (χ1) is 16.5. The van der Waals surface area contributed by atoms with Crippen molar-refractivity contribution in [2.75, 3.05) is 19.8 Å². The van der Waals surface area contributed by atoms with E-state index in [1.54, 1.807) is 26.8 Å². The molecule has 3 aliphatic rings. The summed E-state index contributed by atoms with van der Waals surface area (Å²) in [6.45, 7) is 13.1. The number of carbonyl (C=O) groups is 2. The molecule has 196 valence electrons. The number of hydrogen-bond donors (Lipinski definition) is 1. The molecule has 3 rings (SSSR count). The van der Waals surface area contributed by atoms with E-state index in [0.717, 1.165) is 25.0 Å². The van der Waals surface area contributed by atoms with Crippen LogP contribution in [0.3, 0.4) is 0 Å². The standard InChI is InChI=1S/C27H41NO7/c1-18(2)25(30)34-20(4)9-11-23(29)28-21-14-31-24(32-15-21)12-8-19(3)7-10-22-13-27(17-33-27)16-26(5,6)35-22/h7-11,18,20-22,24H,12-17H2,1-6H3,(H,28,29)/t20?,21?,22-,24?,27-/m1/s1. The van der Waals surface area contributed by atoms with E-state index in [2.05, 4.69) is 37.4 Å². The van der Waals surface area contributed by atoms with Crippen LogP contribution in [-0.4, -0.2) is 67.4 Å². The van der Waals surface area contributed by atoms with E-state index in [0.29, 0.717) is 19.6 Å². The first-order valence-corrected chi connectivity index (χ1v) is 12.5. The Morgan fingerprint density at radius 1 is 1.14 bits per heavy atom. The Kier molecular flexibility index (Phi) is 9.32. The van der Waals surface area contributed by atoms with Crippen LogP contribution in [0.1, 0.15) is 60.8 Å². The summed E-state index contributed by atoms with van der Waals surface area (Å²) in [5.74, 6) is -0.780. The van der Waals surface area contributed by atoms with Crippen molar-refractivity contribution in [3.63, 3.8) is 0 Å². The molecule has 1 spiro atoms. The Balaban J connectivity index is 1.35. The number of esters is 1. The van der Waals surface area contributed by atoms with Crippen molar-refractivity contribution in [1.82, 2.24) is 5.32 Å². The molecule has 1 unspecified atom stereocenters. The molecule has 0 aliphatic carbocycles. The summed E-state index contributed by atoms with van der Waals surface area (Å²) >= 11 is 0. The van der Waals surface area contributed by atoms with Crippen LogP contribution in [0.4, 0.5) is 0 Å². The summed E-state index contributed by atoms with van der Waals surface area (Å²) in [4.78, 5) is 23.7. The van der Waals surface area contributed by atoms with E-state index < -0.39 is 6.10 Å². The molecular weight excluding hydrogens is 450 g/mol. The fourth-order valence-electron chi connectivity index (χ4n) is 4.34. The fourth-order valence-corrected chi connectivity index (χ4v) is 4.34. The molecule has 0 saturated carbocycles. The van der Waals surface area contributed by atoms with Crippen molar-refractivity contribution in [2.45, 2.75) is 96.5 Å². The lowest BCUT2D eigenvalue weighted by atomic mass is 9.85. The molecule has 1 N–H and O–H groups in total. The molecule has 8 nitrogen and oxygen atoms in total. The maximum Gasteiger partial charge on any atom is 0.308 e. The summed E-state index contributed by atoms with van der Waals surface area (Å²) in [6, 6.07) is -0.231. The Hall–Kier alpha value is -2.00. The zero-order valence-corrected chi connectivity index (χ0v) is 21.9. The second kappa shape index (κ2) is 11.8. The summed E-state index contributed by atoms with van der Waals surface area (Å²) in [7, 11) is 0. The molecule has 3 fully saturated rings. The van der Waals surface area contributed by atoms with Gasteiger partial charge in [0.1, 0.15) is 6.10 Å². The molecule has 0 bridgehead atoms. The number of allylic oxidation sites excluding steroid dienone is 2. The van der Waals surface area contributed by atoms with Crippen LogP contribution >= 0.6 is 0 Å². The largest absolute Gasteiger partial charge is 0.458 e. The van der Waals surface area contributed by atoms with Crippen molar-refractivity contribution in [2.24, 2.45) is 5.92 Å². The first kappa shape index (κ1) is 27.6. The maximum atomic E-state index is 12.1. The van der Waals surface area contributed by atoms with Gasteiger partial charge in [0.25, 0.3) is 0 Å². The van der Waals surface area contributed by atoms with Gasteiger partial charge in [0.05, 0.1) is 49.1 Å². The highest BCUT2D eigenvalue weighted by Crippen LogP contribution is 2.46. The normalized spacial score (nSPS) is 31.7. The van der Waals surface area contributed by atoms with Crippen LogP contribution < -0.4 is 5.32 Å². The van der Waals surface area contributed by atoms with Gasteiger partial charge in [-0.05, 0) is 33.8 Å². The third kappa shape index (κ3) is 9.18. The highest BCUT2D eigenvalue weighted by molar-refractivity contribution is 5.87. The van der Waals surface area contributed by atoms with E-state index in [1.165, 1.54) is 6.08 Å². The van der Waals surface area contributed by atoms with Gasteiger partial charge in [-0.3, -0.25) is 9.59 Å².